The number of aliphatic hydroxyl groups is 1. The van der Waals surface area contributed by atoms with Gasteiger partial charge in [0.15, 0.2) is 0 Å². The SMILES string of the molecule is CC(C)CCC[C@@H](C)[C@H]1CC[C@H]2C(O)CCC[C@]12C. The Morgan fingerprint density at radius 1 is 1.11 bits per heavy atom. The van der Waals surface area contributed by atoms with E-state index < -0.39 is 0 Å². The minimum absolute atomic E-state index is 0.00776. The number of hydrogen-bond donors (Lipinski definition) is 1. The Morgan fingerprint density at radius 2 is 1.84 bits per heavy atom. The predicted molar refractivity (Wildman–Crippen MR) is 82.0 cm³/mol. The summed E-state index contributed by atoms with van der Waals surface area (Å²) in [6.45, 7) is 9.61. The monoisotopic (exact) mass is 266 g/mol. The first-order valence-corrected chi connectivity index (χ1v) is 8.63. The molecule has 1 heteroatoms. The molecule has 1 unspecified atom stereocenters. The molecule has 0 aromatic carbocycles. The van der Waals surface area contributed by atoms with Crippen molar-refractivity contribution in [2.45, 2.75) is 85.2 Å². The van der Waals surface area contributed by atoms with Gasteiger partial charge in [-0.15, -0.1) is 0 Å². The van der Waals surface area contributed by atoms with E-state index in [0.717, 1.165) is 24.2 Å². The lowest BCUT2D eigenvalue weighted by Crippen LogP contribution is -2.41. The number of aliphatic hydroxyl groups excluding tert-OH is 1. The zero-order valence-electron chi connectivity index (χ0n) is 13.5. The average Bonchev–Trinajstić information content (AvgIpc) is 2.67. The van der Waals surface area contributed by atoms with Crippen LogP contribution in [0.1, 0.15) is 79.1 Å². The smallest absolute Gasteiger partial charge is 0.0573 e. The van der Waals surface area contributed by atoms with Crippen LogP contribution in [0.15, 0.2) is 0 Å². The molecule has 0 aromatic rings. The maximum Gasteiger partial charge on any atom is 0.0573 e. The fourth-order valence-electron chi connectivity index (χ4n) is 5.17. The molecule has 2 aliphatic carbocycles. The summed E-state index contributed by atoms with van der Waals surface area (Å²) in [6, 6.07) is 0. The Bertz CT molecular complexity index is 285. The van der Waals surface area contributed by atoms with E-state index in [0.29, 0.717) is 11.3 Å². The van der Waals surface area contributed by atoms with Gasteiger partial charge in [-0.1, -0.05) is 53.4 Å². The van der Waals surface area contributed by atoms with E-state index >= 15 is 0 Å². The third-order valence-electron chi connectivity index (χ3n) is 6.29. The van der Waals surface area contributed by atoms with Crippen molar-refractivity contribution in [2.75, 3.05) is 0 Å². The van der Waals surface area contributed by atoms with Crippen molar-refractivity contribution < 1.29 is 5.11 Å². The van der Waals surface area contributed by atoms with Crippen LogP contribution in [0.4, 0.5) is 0 Å². The van der Waals surface area contributed by atoms with Crippen LogP contribution in [0.2, 0.25) is 0 Å². The summed E-state index contributed by atoms with van der Waals surface area (Å²) in [7, 11) is 0. The Kier molecular flexibility index (Phi) is 4.98. The van der Waals surface area contributed by atoms with Crippen molar-refractivity contribution in [1.29, 1.82) is 0 Å². The molecular formula is C18H34O. The average molecular weight is 266 g/mol. The van der Waals surface area contributed by atoms with Gasteiger partial charge in [0.25, 0.3) is 0 Å². The zero-order valence-corrected chi connectivity index (χ0v) is 13.5. The highest BCUT2D eigenvalue weighted by atomic mass is 16.3. The quantitative estimate of drug-likeness (QED) is 0.740. The Morgan fingerprint density at radius 3 is 2.53 bits per heavy atom. The molecule has 2 aliphatic rings. The normalized spacial score (nSPS) is 40.4. The maximum atomic E-state index is 10.3. The van der Waals surface area contributed by atoms with Crippen LogP contribution in [-0.4, -0.2) is 11.2 Å². The van der Waals surface area contributed by atoms with Gasteiger partial charge in [-0.05, 0) is 54.8 Å². The van der Waals surface area contributed by atoms with Gasteiger partial charge >= 0.3 is 0 Å². The first-order valence-electron chi connectivity index (χ1n) is 8.63. The van der Waals surface area contributed by atoms with Gasteiger partial charge < -0.3 is 5.11 Å². The zero-order chi connectivity index (χ0) is 14.0. The van der Waals surface area contributed by atoms with Gasteiger partial charge in [-0.3, -0.25) is 0 Å². The van der Waals surface area contributed by atoms with Crippen LogP contribution in [0.5, 0.6) is 0 Å². The fraction of sp³-hybridized carbons (Fsp3) is 1.00. The van der Waals surface area contributed by atoms with Crippen molar-refractivity contribution in [2.24, 2.45) is 29.1 Å². The summed E-state index contributed by atoms with van der Waals surface area (Å²) >= 11 is 0. The van der Waals surface area contributed by atoms with E-state index in [1.807, 2.05) is 0 Å². The summed E-state index contributed by atoms with van der Waals surface area (Å²) in [5, 5.41) is 10.3. The summed E-state index contributed by atoms with van der Waals surface area (Å²) in [5.74, 6) is 3.15. The summed E-state index contributed by atoms with van der Waals surface area (Å²) in [5.41, 5.74) is 0.439. The lowest BCUT2D eigenvalue weighted by atomic mass is 9.61. The third-order valence-corrected chi connectivity index (χ3v) is 6.29. The van der Waals surface area contributed by atoms with Crippen LogP contribution in [0, 0.1) is 29.1 Å². The van der Waals surface area contributed by atoms with E-state index in [4.69, 9.17) is 0 Å². The highest BCUT2D eigenvalue weighted by molar-refractivity contribution is 5.01. The van der Waals surface area contributed by atoms with E-state index in [-0.39, 0.29) is 6.10 Å². The second kappa shape index (κ2) is 6.16. The largest absolute Gasteiger partial charge is 0.393 e. The third kappa shape index (κ3) is 3.17. The van der Waals surface area contributed by atoms with E-state index in [1.54, 1.807) is 0 Å². The van der Waals surface area contributed by atoms with Gasteiger partial charge in [0.05, 0.1) is 6.10 Å². The van der Waals surface area contributed by atoms with E-state index in [1.165, 1.54) is 44.9 Å². The molecule has 0 aromatic heterocycles. The predicted octanol–water partition coefficient (Wildman–Crippen LogP) is 5.03. The lowest BCUT2D eigenvalue weighted by Gasteiger charge is -2.45. The molecule has 0 radical (unpaired) electrons. The highest BCUT2D eigenvalue weighted by Crippen LogP contribution is 2.58. The van der Waals surface area contributed by atoms with Crippen LogP contribution >= 0.6 is 0 Å². The maximum absolute atomic E-state index is 10.3. The van der Waals surface area contributed by atoms with Crippen LogP contribution in [0.25, 0.3) is 0 Å². The molecule has 112 valence electrons. The van der Waals surface area contributed by atoms with Crippen molar-refractivity contribution in [1.82, 2.24) is 0 Å². The van der Waals surface area contributed by atoms with Crippen LogP contribution in [0.3, 0.4) is 0 Å². The van der Waals surface area contributed by atoms with E-state index in [9.17, 15) is 5.11 Å². The van der Waals surface area contributed by atoms with E-state index in [2.05, 4.69) is 27.7 Å². The molecule has 19 heavy (non-hydrogen) atoms. The highest BCUT2D eigenvalue weighted by Gasteiger charge is 2.51. The van der Waals surface area contributed by atoms with Crippen LogP contribution < -0.4 is 0 Å². The van der Waals surface area contributed by atoms with Crippen molar-refractivity contribution in [3.8, 4) is 0 Å². The molecule has 0 saturated heterocycles. The van der Waals surface area contributed by atoms with Crippen molar-refractivity contribution >= 4 is 0 Å². The first kappa shape index (κ1) is 15.4. The molecular weight excluding hydrogens is 232 g/mol. The molecule has 0 heterocycles. The minimum atomic E-state index is -0.00776. The minimum Gasteiger partial charge on any atom is -0.393 e. The van der Waals surface area contributed by atoms with Crippen LogP contribution in [-0.2, 0) is 0 Å². The topological polar surface area (TPSA) is 20.2 Å². The molecule has 2 rings (SSSR count). The fourth-order valence-corrected chi connectivity index (χ4v) is 5.17. The van der Waals surface area contributed by atoms with Gasteiger partial charge in [-0.25, -0.2) is 0 Å². The number of rotatable bonds is 5. The molecule has 0 spiro atoms. The standard InChI is InChI=1S/C18H34O/c1-13(2)7-5-8-14(3)15-10-11-16-17(19)9-6-12-18(15,16)4/h13-17,19H,5-12H2,1-4H3/t14-,15-,16+,17?,18-/m1/s1. The summed E-state index contributed by atoms with van der Waals surface area (Å²) in [6.07, 6.45) is 10.4. The molecule has 2 saturated carbocycles. The van der Waals surface area contributed by atoms with Gasteiger partial charge in [-0.2, -0.15) is 0 Å². The first-order chi connectivity index (χ1) is 8.95. The molecule has 2 fully saturated rings. The van der Waals surface area contributed by atoms with Gasteiger partial charge in [0.1, 0.15) is 0 Å². The van der Waals surface area contributed by atoms with Gasteiger partial charge in [0.2, 0.25) is 0 Å². The second-order valence-electron chi connectivity index (χ2n) is 8.06. The lowest BCUT2D eigenvalue weighted by molar-refractivity contribution is -0.0278. The molecule has 0 bridgehead atoms. The molecule has 1 nitrogen and oxygen atoms in total. The van der Waals surface area contributed by atoms with Crippen molar-refractivity contribution in [3.05, 3.63) is 0 Å². The molecule has 0 amide bonds. The molecule has 5 atom stereocenters. The number of hydrogen-bond acceptors (Lipinski definition) is 1. The summed E-state index contributed by atoms with van der Waals surface area (Å²) in [4.78, 5) is 0. The second-order valence-corrected chi connectivity index (χ2v) is 8.06. The number of fused-ring (bicyclic) bond motifs is 1. The molecule has 1 N–H and O–H groups in total. The van der Waals surface area contributed by atoms with Gasteiger partial charge in [0, 0.05) is 0 Å². The van der Waals surface area contributed by atoms with Crippen molar-refractivity contribution in [3.63, 3.8) is 0 Å². The Balaban J connectivity index is 1.93. The Labute approximate surface area is 120 Å². The Hall–Kier alpha value is -0.0400. The summed E-state index contributed by atoms with van der Waals surface area (Å²) < 4.78 is 0. The molecule has 0 aliphatic heterocycles.